The van der Waals surface area contributed by atoms with Crippen LogP contribution in [0.2, 0.25) is 0 Å². The Morgan fingerprint density at radius 2 is 1.90 bits per heavy atom. The van der Waals surface area contributed by atoms with E-state index in [-0.39, 0.29) is 25.6 Å². The van der Waals surface area contributed by atoms with E-state index in [0.29, 0.717) is 12.1 Å². The van der Waals surface area contributed by atoms with Crippen LogP contribution in [0.4, 0.5) is 4.79 Å². The SMILES string of the molecule is O=C(c1ccc(Br)cc1)N1CCN(C(=O)O)C(CO)C1. The van der Waals surface area contributed by atoms with Gasteiger partial charge < -0.3 is 15.1 Å². The van der Waals surface area contributed by atoms with Gasteiger partial charge in [0, 0.05) is 29.7 Å². The van der Waals surface area contributed by atoms with Crippen LogP contribution in [-0.2, 0) is 0 Å². The minimum Gasteiger partial charge on any atom is -0.465 e. The molecule has 2 N–H and O–H groups in total. The number of halogens is 1. The maximum Gasteiger partial charge on any atom is 0.407 e. The molecule has 1 unspecified atom stereocenters. The summed E-state index contributed by atoms with van der Waals surface area (Å²) in [5.41, 5.74) is 0.550. The highest BCUT2D eigenvalue weighted by atomic mass is 79.9. The average Bonchev–Trinajstić information content (AvgIpc) is 2.46. The molecule has 2 rings (SSSR count). The lowest BCUT2D eigenvalue weighted by atomic mass is 10.1. The number of aliphatic hydroxyl groups excluding tert-OH is 1. The lowest BCUT2D eigenvalue weighted by molar-refractivity contribution is 0.0338. The Labute approximate surface area is 124 Å². The molecule has 0 aromatic heterocycles. The van der Waals surface area contributed by atoms with Gasteiger partial charge in [0.1, 0.15) is 0 Å². The van der Waals surface area contributed by atoms with Gasteiger partial charge in [-0.1, -0.05) is 15.9 Å². The summed E-state index contributed by atoms with van der Waals surface area (Å²) in [4.78, 5) is 26.1. The molecule has 1 fully saturated rings. The van der Waals surface area contributed by atoms with Crippen LogP contribution < -0.4 is 0 Å². The molecule has 2 amide bonds. The quantitative estimate of drug-likeness (QED) is 0.847. The van der Waals surface area contributed by atoms with Crippen LogP contribution in [0, 0.1) is 0 Å². The number of hydrogen-bond acceptors (Lipinski definition) is 3. The summed E-state index contributed by atoms with van der Waals surface area (Å²) >= 11 is 3.31. The fraction of sp³-hybridized carbons (Fsp3) is 0.385. The Hall–Kier alpha value is -1.60. The Balaban J connectivity index is 2.09. The van der Waals surface area contributed by atoms with Gasteiger partial charge in [-0.3, -0.25) is 9.69 Å². The maximum atomic E-state index is 12.3. The third kappa shape index (κ3) is 3.10. The fourth-order valence-electron chi connectivity index (χ4n) is 2.22. The first-order valence-corrected chi connectivity index (χ1v) is 6.97. The first-order chi connectivity index (χ1) is 9.52. The van der Waals surface area contributed by atoms with E-state index in [1.54, 1.807) is 29.2 Å². The van der Waals surface area contributed by atoms with Crippen molar-refractivity contribution in [2.75, 3.05) is 26.2 Å². The number of aliphatic hydroxyl groups is 1. The minimum absolute atomic E-state index is 0.152. The molecule has 0 bridgehead atoms. The zero-order valence-corrected chi connectivity index (χ0v) is 12.3. The van der Waals surface area contributed by atoms with Crippen molar-refractivity contribution in [3.63, 3.8) is 0 Å². The number of amides is 2. The standard InChI is InChI=1S/C13H15BrN2O4/c14-10-3-1-9(2-4-10)12(18)15-5-6-16(13(19)20)11(7-15)8-17/h1-4,11,17H,5-8H2,(H,19,20). The highest BCUT2D eigenvalue weighted by Gasteiger charge is 2.32. The average molecular weight is 343 g/mol. The molecule has 108 valence electrons. The highest BCUT2D eigenvalue weighted by Crippen LogP contribution is 2.16. The molecular formula is C13H15BrN2O4. The Kier molecular flexibility index (Phi) is 4.61. The topological polar surface area (TPSA) is 81.1 Å². The molecule has 1 heterocycles. The van der Waals surface area contributed by atoms with Crippen molar-refractivity contribution in [2.24, 2.45) is 0 Å². The zero-order chi connectivity index (χ0) is 14.7. The number of carbonyl (C=O) groups excluding carboxylic acids is 1. The predicted octanol–water partition coefficient (Wildman–Crippen LogP) is 1.25. The van der Waals surface area contributed by atoms with Gasteiger partial charge >= 0.3 is 6.09 Å². The summed E-state index contributed by atoms with van der Waals surface area (Å²) < 4.78 is 0.887. The number of nitrogens with zero attached hydrogens (tertiary/aromatic N) is 2. The van der Waals surface area contributed by atoms with Gasteiger partial charge in [0.15, 0.2) is 0 Å². The van der Waals surface area contributed by atoms with Crippen LogP contribution in [-0.4, -0.2) is 64.3 Å². The number of piperazine rings is 1. The van der Waals surface area contributed by atoms with E-state index in [0.717, 1.165) is 4.47 Å². The van der Waals surface area contributed by atoms with Crippen molar-refractivity contribution in [3.05, 3.63) is 34.3 Å². The van der Waals surface area contributed by atoms with Crippen LogP contribution in [0.3, 0.4) is 0 Å². The Bertz CT molecular complexity index is 506. The van der Waals surface area contributed by atoms with E-state index < -0.39 is 12.1 Å². The molecule has 0 spiro atoms. The number of benzene rings is 1. The van der Waals surface area contributed by atoms with Gasteiger partial charge in [-0.15, -0.1) is 0 Å². The second-order valence-electron chi connectivity index (χ2n) is 4.57. The highest BCUT2D eigenvalue weighted by molar-refractivity contribution is 9.10. The molecule has 1 aliphatic heterocycles. The molecule has 6 nitrogen and oxygen atoms in total. The van der Waals surface area contributed by atoms with Gasteiger partial charge in [0.25, 0.3) is 5.91 Å². The van der Waals surface area contributed by atoms with Crippen molar-refractivity contribution in [1.82, 2.24) is 9.80 Å². The van der Waals surface area contributed by atoms with Gasteiger partial charge in [-0.05, 0) is 24.3 Å². The molecule has 0 aliphatic carbocycles. The molecule has 1 saturated heterocycles. The number of carbonyl (C=O) groups is 2. The smallest absolute Gasteiger partial charge is 0.407 e. The van der Waals surface area contributed by atoms with E-state index in [1.165, 1.54) is 4.90 Å². The third-order valence-corrected chi connectivity index (χ3v) is 3.85. The van der Waals surface area contributed by atoms with Crippen LogP contribution in [0.1, 0.15) is 10.4 Å². The van der Waals surface area contributed by atoms with Gasteiger partial charge in [-0.25, -0.2) is 4.79 Å². The van der Waals surface area contributed by atoms with Crippen LogP contribution >= 0.6 is 15.9 Å². The third-order valence-electron chi connectivity index (χ3n) is 3.32. The second kappa shape index (κ2) is 6.23. The number of hydrogen-bond donors (Lipinski definition) is 2. The summed E-state index contributed by atoms with van der Waals surface area (Å²) in [7, 11) is 0. The van der Waals surface area contributed by atoms with E-state index in [9.17, 15) is 14.7 Å². The lowest BCUT2D eigenvalue weighted by Crippen LogP contribution is -2.57. The Morgan fingerprint density at radius 3 is 2.45 bits per heavy atom. The number of carboxylic acid groups (broad SMARTS) is 1. The maximum absolute atomic E-state index is 12.3. The first kappa shape index (κ1) is 14.8. The van der Waals surface area contributed by atoms with Crippen LogP contribution in [0.5, 0.6) is 0 Å². The fourth-order valence-corrected chi connectivity index (χ4v) is 2.49. The van der Waals surface area contributed by atoms with Gasteiger partial charge in [0.2, 0.25) is 0 Å². The summed E-state index contributed by atoms with van der Waals surface area (Å²) in [6, 6.07) is 6.42. The molecular weight excluding hydrogens is 328 g/mol. The lowest BCUT2D eigenvalue weighted by Gasteiger charge is -2.39. The molecule has 1 aromatic carbocycles. The number of rotatable bonds is 2. The monoisotopic (exact) mass is 342 g/mol. The molecule has 1 aromatic rings. The van der Waals surface area contributed by atoms with Crippen molar-refractivity contribution in [2.45, 2.75) is 6.04 Å². The minimum atomic E-state index is -1.07. The predicted molar refractivity (Wildman–Crippen MR) is 75.7 cm³/mol. The summed E-state index contributed by atoms with van der Waals surface area (Å²) in [5, 5.41) is 18.3. The zero-order valence-electron chi connectivity index (χ0n) is 10.7. The summed E-state index contributed by atoms with van der Waals surface area (Å²) in [6.45, 7) is 0.453. The molecule has 0 radical (unpaired) electrons. The largest absolute Gasteiger partial charge is 0.465 e. The van der Waals surface area contributed by atoms with Crippen molar-refractivity contribution < 1.29 is 19.8 Å². The molecule has 7 heteroatoms. The van der Waals surface area contributed by atoms with Crippen LogP contribution in [0.25, 0.3) is 0 Å². The molecule has 1 aliphatic rings. The first-order valence-electron chi connectivity index (χ1n) is 6.18. The molecule has 0 saturated carbocycles. The van der Waals surface area contributed by atoms with Crippen molar-refractivity contribution >= 4 is 27.9 Å². The molecule has 1 atom stereocenters. The second-order valence-corrected chi connectivity index (χ2v) is 5.49. The van der Waals surface area contributed by atoms with E-state index >= 15 is 0 Å². The normalized spacial score (nSPS) is 19.0. The van der Waals surface area contributed by atoms with Gasteiger partial charge in [0.05, 0.1) is 12.6 Å². The Morgan fingerprint density at radius 1 is 1.25 bits per heavy atom. The summed E-state index contributed by atoms with van der Waals surface area (Å²) in [5.74, 6) is -0.152. The van der Waals surface area contributed by atoms with E-state index in [2.05, 4.69) is 15.9 Å². The summed E-state index contributed by atoms with van der Waals surface area (Å²) in [6.07, 6.45) is -1.07. The van der Waals surface area contributed by atoms with Crippen LogP contribution in [0.15, 0.2) is 28.7 Å². The van der Waals surface area contributed by atoms with Crippen molar-refractivity contribution in [3.8, 4) is 0 Å². The van der Waals surface area contributed by atoms with Gasteiger partial charge in [-0.2, -0.15) is 0 Å². The van der Waals surface area contributed by atoms with E-state index in [4.69, 9.17) is 5.11 Å². The van der Waals surface area contributed by atoms with Crippen molar-refractivity contribution in [1.29, 1.82) is 0 Å². The molecule has 20 heavy (non-hydrogen) atoms. The van der Waals surface area contributed by atoms with E-state index in [1.807, 2.05) is 0 Å².